The fourth-order valence-electron chi connectivity index (χ4n) is 5.87. The number of rotatable bonds is 4. The Bertz CT molecular complexity index is 1290. The lowest BCUT2D eigenvalue weighted by Gasteiger charge is -2.43. The molecule has 1 spiro atoms. The van der Waals surface area contributed by atoms with Crippen molar-refractivity contribution in [3.05, 3.63) is 47.8 Å². The van der Waals surface area contributed by atoms with E-state index in [0.29, 0.717) is 30.5 Å². The van der Waals surface area contributed by atoms with Crippen molar-refractivity contribution in [3.8, 4) is 11.8 Å². The number of ether oxygens (including phenoxy) is 1. The quantitative estimate of drug-likeness (QED) is 0.615. The van der Waals surface area contributed by atoms with Crippen LogP contribution in [0.2, 0.25) is 0 Å². The minimum Gasteiger partial charge on any atom is -0.490 e. The van der Waals surface area contributed by atoms with Gasteiger partial charge >= 0.3 is 6.18 Å². The zero-order chi connectivity index (χ0) is 25.2. The number of hydrogen-bond donors (Lipinski definition) is 1. The summed E-state index contributed by atoms with van der Waals surface area (Å²) in [7, 11) is 0. The number of pyridine rings is 1. The van der Waals surface area contributed by atoms with E-state index in [1.54, 1.807) is 4.90 Å². The topological polar surface area (TPSA) is 81.5 Å². The largest absolute Gasteiger partial charge is 0.490 e. The Hall–Kier alpha value is -3.23. The number of carbonyl (C=O) groups excluding carboxylic acids is 1. The molecule has 7 nitrogen and oxygen atoms in total. The molecule has 1 N–H and O–H groups in total. The van der Waals surface area contributed by atoms with Crippen molar-refractivity contribution < 1.29 is 22.7 Å². The Morgan fingerprint density at radius 1 is 1.19 bits per heavy atom. The molecule has 1 unspecified atom stereocenters. The lowest BCUT2D eigenvalue weighted by atomic mass is 9.75. The predicted molar refractivity (Wildman–Crippen MR) is 128 cm³/mol. The van der Waals surface area contributed by atoms with Crippen molar-refractivity contribution >= 4 is 34.6 Å². The number of nitrogens with one attached hydrogen (secondary N) is 1. The fraction of sp³-hybridized carbons (Fsp3) is 0.440. The first kappa shape index (κ1) is 23.2. The maximum Gasteiger partial charge on any atom is 0.419 e. The van der Waals surface area contributed by atoms with Crippen molar-refractivity contribution in [2.24, 2.45) is 5.92 Å². The molecule has 4 fully saturated rings. The molecule has 3 heterocycles. The van der Waals surface area contributed by atoms with Gasteiger partial charge in [0.15, 0.2) is 10.8 Å². The van der Waals surface area contributed by atoms with Crippen LogP contribution in [0.3, 0.4) is 0 Å². The number of anilines is 2. The van der Waals surface area contributed by atoms with Gasteiger partial charge in [0, 0.05) is 24.2 Å². The van der Waals surface area contributed by atoms with Crippen LogP contribution in [0.25, 0.3) is 0 Å². The van der Waals surface area contributed by atoms with Gasteiger partial charge in [-0.1, -0.05) is 0 Å². The summed E-state index contributed by atoms with van der Waals surface area (Å²) in [5.74, 6) is 0.861. The normalized spacial score (nSPS) is 26.4. The van der Waals surface area contributed by atoms with Crippen molar-refractivity contribution in [3.63, 3.8) is 0 Å². The number of halogens is 3. The molecule has 2 saturated carbocycles. The third kappa shape index (κ3) is 3.46. The number of nitrogens with zero attached hydrogens (tertiary/aromatic N) is 4. The second kappa shape index (κ2) is 8.15. The third-order valence-electron chi connectivity index (χ3n) is 7.82. The van der Waals surface area contributed by atoms with Gasteiger partial charge < -0.3 is 15.0 Å². The number of amides is 1. The molecular weight excluding hydrogens is 491 g/mol. The van der Waals surface area contributed by atoms with Crippen molar-refractivity contribution in [1.82, 2.24) is 10.3 Å². The van der Waals surface area contributed by atoms with E-state index >= 15 is 0 Å². The maximum absolute atomic E-state index is 13.6. The zero-order valence-electron chi connectivity index (χ0n) is 19.1. The second-order valence-electron chi connectivity index (χ2n) is 9.83. The van der Waals surface area contributed by atoms with Crippen LogP contribution in [-0.4, -0.2) is 40.2 Å². The Morgan fingerprint density at radius 2 is 1.94 bits per heavy atom. The minimum atomic E-state index is -4.79. The van der Waals surface area contributed by atoms with Crippen LogP contribution in [0.5, 0.6) is 5.75 Å². The highest BCUT2D eigenvalue weighted by atomic mass is 32.1. The summed E-state index contributed by atoms with van der Waals surface area (Å²) >= 11 is 5.65. The molecule has 1 aromatic carbocycles. The fourth-order valence-corrected chi connectivity index (χ4v) is 6.34. The number of alkyl halides is 3. The van der Waals surface area contributed by atoms with E-state index in [1.165, 1.54) is 6.07 Å². The Balaban J connectivity index is 1.30. The standard InChI is InChI=1S/C25H22F3N5O2S/c26-25(27,28)19-10-17(13-31-20(19)11-29)32-22(34)24(6-1-7-24)33(23(32)36)16-2-4-18(5-3-16)35-21-9-15-8-14(21)12-30-15/h2-5,10,13-15,21,30H,1,6-9,12H2/t14?,15-,21+/m0/s1. The molecule has 2 aliphatic carbocycles. The number of benzene rings is 1. The van der Waals surface area contributed by atoms with E-state index in [-0.39, 0.29) is 22.8 Å². The van der Waals surface area contributed by atoms with Crippen LogP contribution in [0.4, 0.5) is 24.5 Å². The number of nitriles is 1. The van der Waals surface area contributed by atoms with Crippen LogP contribution in [-0.2, 0) is 11.0 Å². The summed E-state index contributed by atoms with van der Waals surface area (Å²) in [5, 5.41) is 12.6. The summed E-state index contributed by atoms with van der Waals surface area (Å²) in [4.78, 5) is 20.1. The number of carbonyl (C=O) groups is 1. The van der Waals surface area contributed by atoms with Gasteiger partial charge in [-0.15, -0.1) is 0 Å². The molecular formula is C25H22F3N5O2S. The van der Waals surface area contributed by atoms with E-state index in [9.17, 15) is 18.0 Å². The molecule has 6 rings (SSSR count). The molecule has 1 aromatic heterocycles. The molecule has 3 atom stereocenters. The predicted octanol–water partition coefficient (Wildman–Crippen LogP) is 4.16. The van der Waals surface area contributed by atoms with E-state index in [1.807, 2.05) is 24.3 Å². The molecule has 2 aliphatic heterocycles. The van der Waals surface area contributed by atoms with Gasteiger partial charge in [0.1, 0.15) is 23.5 Å². The SMILES string of the molecule is N#Cc1ncc(N2C(=O)C3(CCC3)N(c3ccc(O[C@@H]4C[C@@H]5CC4CN5)cc3)C2=S)cc1C(F)(F)F. The lowest BCUT2D eigenvalue weighted by Crippen LogP contribution is -2.55. The number of piperidine rings is 1. The van der Waals surface area contributed by atoms with E-state index in [2.05, 4.69) is 10.3 Å². The van der Waals surface area contributed by atoms with Crippen LogP contribution < -0.4 is 19.9 Å². The average molecular weight is 514 g/mol. The number of hydrogen-bond acceptors (Lipinski definition) is 6. The van der Waals surface area contributed by atoms with Crippen LogP contribution in [0.15, 0.2) is 36.5 Å². The van der Waals surface area contributed by atoms with Crippen molar-refractivity contribution in [1.29, 1.82) is 5.26 Å². The van der Waals surface area contributed by atoms with Gasteiger partial charge in [-0.05, 0) is 74.7 Å². The number of fused-ring (bicyclic) bond motifs is 2. The van der Waals surface area contributed by atoms with Gasteiger partial charge in [0.25, 0.3) is 5.91 Å². The first-order chi connectivity index (χ1) is 17.2. The summed E-state index contributed by atoms with van der Waals surface area (Å²) in [6.45, 7) is 0.968. The average Bonchev–Trinajstić information content (AvgIpc) is 3.50. The summed E-state index contributed by atoms with van der Waals surface area (Å²) in [6, 6.07) is 10.1. The van der Waals surface area contributed by atoms with Gasteiger partial charge in [0.05, 0.1) is 17.4 Å². The Morgan fingerprint density at radius 3 is 2.50 bits per heavy atom. The monoisotopic (exact) mass is 513 g/mol. The van der Waals surface area contributed by atoms with Crippen molar-refractivity contribution in [2.75, 3.05) is 16.3 Å². The third-order valence-corrected chi connectivity index (χ3v) is 8.18. The summed E-state index contributed by atoms with van der Waals surface area (Å²) in [6.07, 6.45) is 0.461. The molecule has 4 aliphatic rings. The second-order valence-corrected chi connectivity index (χ2v) is 10.2. The highest BCUT2D eigenvalue weighted by Crippen LogP contribution is 2.48. The molecule has 2 aromatic rings. The molecule has 186 valence electrons. The molecule has 2 saturated heterocycles. The zero-order valence-corrected chi connectivity index (χ0v) is 19.9. The maximum atomic E-state index is 13.6. The van der Waals surface area contributed by atoms with Crippen LogP contribution in [0, 0.1) is 17.2 Å². The first-order valence-electron chi connectivity index (χ1n) is 11.9. The smallest absolute Gasteiger partial charge is 0.419 e. The molecule has 36 heavy (non-hydrogen) atoms. The van der Waals surface area contributed by atoms with Crippen LogP contribution >= 0.6 is 12.2 Å². The summed E-state index contributed by atoms with van der Waals surface area (Å²) in [5.41, 5.74) is -2.32. The van der Waals surface area contributed by atoms with Gasteiger partial charge in [-0.3, -0.25) is 9.69 Å². The van der Waals surface area contributed by atoms with Gasteiger partial charge in [-0.25, -0.2) is 4.98 Å². The first-order valence-corrected chi connectivity index (χ1v) is 12.3. The lowest BCUT2D eigenvalue weighted by molar-refractivity contribution is -0.138. The molecule has 1 amide bonds. The van der Waals surface area contributed by atoms with Crippen molar-refractivity contribution in [2.45, 2.75) is 56.0 Å². The molecule has 0 radical (unpaired) electrons. The number of thiocarbonyl (C=S) groups is 1. The van der Waals surface area contributed by atoms with E-state index < -0.39 is 23.0 Å². The minimum absolute atomic E-state index is 0.0900. The Kier molecular flexibility index (Phi) is 5.25. The van der Waals surface area contributed by atoms with Gasteiger partial charge in [-0.2, -0.15) is 18.4 Å². The highest BCUT2D eigenvalue weighted by molar-refractivity contribution is 7.81. The number of aromatic nitrogens is 1. The van der Waals surface area contributed by atoms with Gasteiger partial charge in [0.2, 0.25) is 0 Å². The molecule has 11 heteroatoms. The van der Waals surface area contributed by atoms with Crippen LogP contribution in [0.1, 0.15) is 43.4 Å². The van der Waals surface area contributed by atoms with E-state index in [4.69, 9.17) is 22.2 Å². The highest BCUT2D eigenvalue weighted by Gasteiger charge is 2.59. The summed E-state index contributed by atoms with van der Waals surface area (Å²) < 4.78 is 46.9. The Labute approximate surface area is 210 Å². The van der Waals surface area contributed by atoms with E-state index in [0.717, 1.165) is 48.7 Å². The molecule has 2 bridgehead atoms.